The zero-order chi connectivity index (χ0) is 23.1. The predicted molar refractivity (Wildman–Crippen MR) is 110 cm³/mol. The number of hydrogen-bond donors (Lipinski definition) is 2. The Balaban J connectivity index is 2.07. The predicted octanol–water partition coefficient (Wildman–Crippen LogP) is 4.28. The van der Waals surface area contributed by atoms with Crippen molar-refractivity contribution < 1.29 is 37.0 Å². The molecule has 6 nitrogen and oxygen atoms in total. The van der Waals surface area contributed by atoms with Crippen LogP contribution < -0.4 is 5.73 Å². The normalized spacial score (nSPS) is 14.5. The van der Waals surface area contributed by atoms with Crippen LogP contribution in [0.1, 0.15) is 29.9 Å². The minimum Gasteiger partial charge on any atom is -0.399 e. The van der Waals surface area contributed by atoms with E-state index in [-0.39, 0.29) is 17.4 Å². The fraction of sp³-hybridized carbons (Fsp3) is 0.333. The number of carbonyl (C=O) groups excluding carboxylic acids is 2. The smallest absolute Gasteiger partial charge is 0.399 e. The van der Waals surface area contributed by atoms with E-state index in [1.165, 1.54) is 24.3 Å². The summed E-state index contributed by atoms with van der Waals surface area (Å²) in [5.74, 6) is -5.77. The van der Waals surface area contributed by atoms with E-state index < -0.39 is 37.6 Å². The van der Waals surface area contributed by atoms with Crippen molar-refractivity contribution in [1.29, 1.82) is 0 Å². The van der Waals surface area contributed by atoms with Gasteiger partial charge in [0.25, 0.3) is 0 Å². The highest BCUT2D eigenvalue weighted by Crippen LogP contribution is 2.46. The van der Waals surface area contributed by atoms with E-state index in [2.05, 4.69) is 4.74 Å². The molecule has 168 valence electrons. The van der Waals surface area contributed by atoms with Crippen LogP contribution in [0.2, 0.25) is 0 Å². The molecule has 2 aromatic carbocycles. The topological polar surface area (TPSA) is 107 Å². The second-order valence-corrected chi connectivity index (χ2v) is 9.63. The maximum atomic E-state index is 12.7. The number of nitrogens with two attached hydrogens (primary N) is 1. The van der Waals surface area contributed by atoms with E-state index in [9.17, 15) is 32.2 Å². The Kier molecular flexibility index (Phi) is 8.42. The number of benzene rings is 2. The molecule has 0 spiro atoms. The molecular formula is C21H23F3NO5P. The molecule has 2 unspecified atom stereocenters. The van der Waals surface area contributed by atoms with Crippen LogP contribution >= 0.6 is 7.37 Å². The lowest BCUT2D eigenvalue weighted by atomic mass is 10.0. The van der Waals surface area contributed by atoms with Gasteiger partial charge in [-0.1, -0.05) is 42.5 Å². The van der Waals surface area contributed by atoms with Crippen LogP contribution in [0, 0.1) is 0 Å². The highest BCUT2D eigenvalue weighted by atomic mass is 31.2. The van der Waals surface area contributed by atoms with E-state index in [0.29, 0.717) is 19.3 Å². The third-order valence-electron chi connectivity index (χ3n) is 4.56. The van der Waals surface area contributed by atoms with Gasteiger partial charge in [-0.05, 0) is 42.5 Å². The SMILES string of the molecule is Nc1cccc(C(CP(=O)(O)CCCCc2ccccc2)C(=O)OC(=O)C(F)(F)F)c1. The highest BCUT2D eigenvalue weighted by Gasteiger charge is 2.44. The summed E-state index contributed by atoms with van der Waals surface area (Å²) < 4.78 is 54.0. The first-order valence-corrected chi connectivity index (χ1v) is 11.5. The molecule has 0 heterocycles. The van der Waals surface area contributed by atoms with E-state index >= 15 is 0 Å². The van der Waals surface area contributed by atoms with Crippen molar-refractivity contribution in [3.63, 3.8) is 0 Å². The lowest BCUT2D eigenvalue weighted by Crippen LogP contribution is -2.31. The maximum absolute atomic E-state index is 12.7. The quantitative estimate of drug-likeness (QED) is 0.191. The molecule has 10 heteroatoms. The minimum absolute atomic E-state index is 0.0959. The first kappa shape index (κ1) is 24.6. The minimum atomic E-state index is -5.36. The van der Waals surface area contributed by atoms with Gasteiger partial charge < -0.3 is 15.4 Å². The van der Waals surface area contributed by atoms with Gasteiger partial charge in [0, 0.05) is 18.0 Å². The number of nitrogen functional groups attached to an aromatic ring is 1. The van der Waals surface area contributed by atoms with E-state index in [1.54, 1.807) is 0 Å². The van der Waals surface area contributed by atoms with Crippen molar-refractivity contribution >= 4 is 25.0 Å². The number of aryl methyl sites for hydroxylation is 1. The summed E-state index contributed by atoms with van der Waals surface area (Å²) in [6, 6.07) is 15.1. The zero-order valence-corrected chi connectivity index (χ0v) is 17.4. The first-order valence-electron chi connectivity index (χ1n) is 9.51. The van der Waals surface area contributed by atoms with E-state index in [0.717, 1.165) is 5.56 Å². The summed E-state index contributed by atoms with van der Waals surface area (Å²) in [6.07, 6.45) is -4.46. The van der Waals surface area contributed by atoms with Crippen LogP contribution in [0.4, 0.5) is 18.9 Å². The van der Waals surface area contributed by atoms with Crippen LogP contribution in [0.5, 0.6) is 0 Å². The van der Waals surface area contributed by atoms with Gasteiger partial charge in [-0.2, -0.15) is 13.2 Å². The summed E-state index contributed by atoms with van der Waals surface area (Å²) >= 11 is 0. The number of hydrogen-bond acceptors (Lipinski definition) is 5. The second kappa shape index (κ2) is 10.6. The van der Waals surface area contributed by atoms with Crippen molar-refractivity contribution in [1.82, 2.24) is 0 Å². The second-order valence-electron chi connectivity index (χ2n) is 7.12. The van der Waals surface area contributed by atoms with Crippen LogP contribution in [-0.2, 0) is 25.3 Å². The van der Waals surface area contributed by atoms with E-state index in [1.807, 2.05) is 30.3 Å². The molecule has 0 saturated carbocycles. The molecule has 31 heavy (non-hydrogen) atoms. The number of ether oxygens (including phenoxy) is 1. The van der Waals surface area contributed by atoms with Crippen molar-refractivity contribution in [2.75, 3.05) is 18.1 Å². The number of carbonyl (C=O) groups is 2. The van der Waals surface area contributed by atoms with Gasteiger partial charge in [0.15, 0.2) is 0 Å². The molecule has 0 fully saturated rings. The Morgan fingerprint density at radius 3 is 2.35 bits per heavy atom. The van der Waals surface area contributed by atoms with Crippen LogP contribution in [0.15, 0.2) is 54.6 Å². The standard InChI is InChI=1S/C21H23F3NO5P/c22-21(23,24)20(27)30-19(26)18(16-10-6-11-17(25)13-16)14-31(28,29)12-5-4-9-15-7-2-1-3-8-15/h1-3,6-8,10-11,13,18H,4-5,9,12,14,25H2,(H,28,29). The fourth-order valence-corrected chi connectivity index (χ4v) is 4.85. The first-order chi connectivity index (χ1) is 14.5. The Labute approximate surface area is 177 Å². The fourth-order valence-electron chi connectivity index (χ4n) is 3.02. The number of halogens is 3. The number of unbranched alkanes of at least 4 members (excludes halogenated alkanes) is 1. The number of esters is 2. The average Bonchev–Trinajstić information content (AvgIpc) is 2.69. The summed E-state index contributed by atoms with van der Waals surface area (Å²) in [7, 11) is -3.92. The van der Waals surface area contributed by atoms with Gasteiger partial charge in [-0.3, -0.25) is 9.36 Å². The molecule has 2 rings (SSSR count). The summed E-state index contributed by atoms with van der Waals surface area (Å²) in [4.78, 5) is 33.7. The summed E-state index contributed by atoms with van der Waals surface area (Å²) in [6.45, 7) is 0. The largest absolute Gasteiger partial charge is 0.491 e. The van der Waals surface area contributed by atoms with Gasteiger partial charge in [-0.15, -0.1) is 0 Å². The number of alkyl halides is 3. The van der Waals surface area contributed by atoms with Crippen LogP contribution in [0.3, 0.4) is 0 Å². The Bertz CT molecular complexity index is 950. The summed E-state index contributed by atoms with van der Waals surface area (Å²) in [5, 5.41) is 0. The molecule has 2 aromatic rings. The van der Waals surface area contributed by atoms with Gasteiger partial charge in [0.05, 0.1) is 5.92 Å². The molecule has 0 aliphatic rings. The highest BCUT2D eigenvalue weighted by molar-refractivity contribution is 7.58. The van der Waals surface area contributed by atoms with Crippen molar-refractivity contribution in [2.24, 2.45) is 0 Å². The Morgan fingerprint density at radius 2 is 1.74 bits per heavy atom. The third-order valence-corrected chi connectivity index (χ3v) is 6.51. The molecule has 2 atom stereocenters. The van der Waals surface area contributed by atoms with Crippen molar-refractivity contribution in [3.8, 4) is 0 Å². The average molecular weight is 457 g/mol. The van der Waals surface area contributed by atoms with Gasteiger partial charge >= 0.3 is 18.1 Å². The maximum Gasteiger partial charge on any atom is 0.491 e. The Hall–Kier alpha value is -2.64. The molecule has 0 aromatic heterocycles. The third kappa shape index (κ3) is 8.19. The molecule has 3 N–H and O–H groups in total. The molecule has 0 aliphatic heterocycles. The van der Waals surface area contributed by atoms with E-state index in [4.69, 9.17) is 5.73 Å². The van der Waals surface area contributed by atoms with Gasteiger partial charge in [0.1, 0.15) is 0 Å². The number of anilines is 1. The molecule has 0 amide bonds. The monoisotopic (exact) mass is 457 g/mol. The molecular weight excluding hydrogens is 434 g/mol. The lowest BCUT2D eigenvalue weighted by molar-refractivity contribution is -0.202. The lowest BCUT2D eigenvalue weighted by Gasteiger charge is -2.20. The van der Waals surface area contributed by atoms with Crippen molar-refractivity contribution in [2.45, 2.75) is 31.4 Å². The van der Waals surface area contributed by atoms with Crippen molar-refractivity contribution in [3.05, 3.63) is 65.7 Å². The van der Waals surface area contributed by atoms with Gasteiger partial charge in [-0.25, -0.2) is 4.79 Å². The molecule has 0 radical (unpaired) electrons. The molecule has 0 aliphatic carbocycles. The Morgan fingerprint density at radius 1 is 1.06 bits per heavy atom. The molecule has 0 saturated heterocycles. The number of rotatable bonds is 9. The molecule has 0 bridgehead atoms. The van der Waals surface area contributed by atoms with Gasteiger partial charge in [0.2, 0.25) is 7.37 Å². The van der Waals surface area contributed by atoms with Crippen LogP contribution in [0.25, 0.3) is 0 Å². The summed E-state index contributed by atoms with van der Waals surface area (Å²) in [5.41, 5.74) is 7.02. The van der Waals surface area contributed by atoms with Crippen LogP contribution in [-0.4, -0.2) is 35.3 Å². The zero-order valence-electron chi connectivity index (χ0n) is 16.5.